The van der Waals surface area contributed by atoms with Gasteiger partial charge in [0.25, 0.3) is 5.69 Å². The normalized spacial score (nSPS) is 15.5. The van der Waals surface area contributed by atoms with E-state index in [0.717, 1.165) is 23.3 Å². The van der Waals surface area contributed by atoms with Gasteiger partial charge in [0.2, 0.25) is 0 Å². The zero-order valence-electron chi connectivity index (χ0n) is 14.6. The number of ether oxygens (including phenoxy) is 2. The van der Waals surface area contributed by atoms with E-state index in [1.54, 1.807) is 12.1 Å². The summed E-state index contributed by atoms with van der Waals surface area (Å²) in [6, 6.07) is 9.48. The Bertz CT molecular complexity index is 888. The number of nitro groups is 1. The molecule has 0 aromatic heterocycles. The van der Waals surface area contributed by atoms with Gasteiger partial charge in [-0.2, -0.15) is 0 Å². The number of hydrogen-bond donors (Lipinski definition) is 0. The van der Waals surface area contributed by atoms with Gasteiger partial charge in [-0.3, -0.25) is 14.9 Å². The maximum absolute atomic E-state index is 12.4. The predicted octanol–water partition coefficient (Wildman–Crippen LogP) is 4.21. The Labute approximate surface area is 151 Å². The van der Waals surface area contributed by atoms with Gasteiger partial charge in [0, 0.05) is 35.2 Å². The first kappa shape index (κ1) is 17.7. The van der Waals surface area contributed by atoms with Crippen LogP contribution in [0.15, 0.2) is 42.5 Å². The molecule has 26 heavy (non-hydrogen) atoms. The Morgan fingerprint density at radius 3 is 2.92 bits per heavy atom. The number of nitro benzene ring substituents is 1. The van der Waals surface area contributed by atoms with Crippen molar-refractivity contribution in [1.29, 1.82) is 0 Å². The second-order valence-corrected chi connectivity index (χ2v) is 6.07. The molecule has 0 radical (unpaired) electrons. The Kier molecular flexibility index (Phi) is 5.02. The lowest BCUT2D eigenvalue weighted by Crippen LogP contribution is -2.05. The van der Waals surface area contributed by atoms with Gasteiger partial charge in [0.15, 0.2) is 5.78 Å². The van der Waals surface area contributed by atoms with Crippen LogP contribution >= 0.6 is 0 Å². The Morgan fingerprint density at radius 1 is 1.38 bits per heavy atom. The third-order valence-corrected chi connectivity index (χ3v) is 4.08. The second kappa shape index (κ2) is 7.39. The molecule has 134 valence electrons. The molecular formula is C20H19NO5. The van der Waals surface area contributed by atoms with Crippen LogP contribution in [0.5, 0.6) is 11.5 Å². The fraction of sp³-hybridized carbons (Fsp3) is 0.250. The monoisotopic (exact) mass is 353 g/mol. The minimum Gasteiger partial charge on any atom is -0.493 e. The molecule has 0 bridgehead atoms. The molecule has 1 aliphatic heterocycles. The number of carbonyl (C=O) groups excluding carboxylic acids is 1. The van der Waals surface area contributed by atoms with Crippen molar-refractivity contribution in [2.24, 2.45) is 0 Å². The van der Waals surface area contributed by atoms with Crippen LogP contribution in [-0.2, 0) is 6.42 Å². The number of rotatable bonds is 6. The lowest BCUT2D eigenvalue weighted by Gasteiger charge is -2.10. The average Bonchev–Trinajstić information content (AvgIpc) is 2.98. The van der Waals surface area contributed by atoms with Crippen LogP contribution in [0.4, 0.5) is 5.69 Å². The summed E-state index contributed by atoms with van der Waals surface area (Å²) in [5.74, 6) is 1.17. The van der Waals surface area contributed by atoms with Crippen LogP contribution in [0.2, 0.25) is 0 Å². The smallest absolute Gasteiger partial charge is 0.270 e. The molecular weight excluding hydrogens is 334 g/mol. The summed E-state index contributed by atoms with van der Waals surface area (Å²) in [7, 11) is 0. The molecule has 0 spiro atoms. The first-order valence-corrected chi connectivity index (χ1v) is 8.41. The van der Waals surface area contributed by atoms with Gasteiger partial charge in [-0.25, -0.2) is 0 Å². The fourth-order valence-corrected chi connectivity index (χ4v) is 2.90. The van der Waals surface area contributed by atoms with Crippen molar-refractivity contribution >= 4 is 17.5 Å². The van der Waals surface area contributed by atoms with E-state index in [2.05, 4.69) is 0 Å². The first-order valence-electron chi connectivity index (χ1n) is 8.41. The molecule has 6 nitrogen and oxygen atoms in total. The number of allylic oxidation sites excluding steroid dienone is 1. The third kappa shape index (κ3) is 3.74. The topological polar surface area (TPSA) is 78.7 Å². The lowest BCUT2D eigenvalue weighted by atomic mass is 10.0. The van der Waals surface area contributed by atoms with Crippen LogP contribution in [0, 0.1) is 10.1 Å². The molecule has 1 heterocycles. The van der Waals surface area contributed by atoms with Crippen LogP contribution < -0.4 is 9.47 Å². The average molecular weight is 353 g/mol. The van der Waals surface area contributed by atoms with Gasteiger partial charge in [0.1, 0.15) is 17.6 Å². The summed E-state index contributed by atoms with van der Waals surface area (Å²) >= 11 is 0. The molecule has 6 heteroatoms. The second-order valence-electron chi connectivity index (χ2n) is 6.07. The molecule has 0 amide bonds. The van der Waals surface area contributed by atoms with Crippen LogP contribution in [-0.4, -0.2) is 23.4 Å². The van der Waals surface area contributed by atoms with Crippen molar-refractivity contribution in [1.82, 2.24) is 0 Å². The van der Waals surface area contributed by atoms with E-state index in [1.165, 1.54) is 24.3 Å². The number of carbonyl (C=O) groups is 1. The van der Waals surface area contributed by atoms with Crippen molar-refractivity contribution in [3.8, 4) is 11.5 Å². The van der Waals surface area contributed by atoms with Gasteiger partial charge in [-0.1, -0.05) is 12.1 Å². The van der Waals surface area contributed by atoms with E-state index in [1.807, 2.05) is 26.0 Å². The van der Waals surface area contributed by atoms with Crippen molar-refractivity contribution in [3.63, 3.8) is 0 Å². The van der Waals surface area contributed by atoms with Gasteiger partial charge in [-0.15, -0.1) is 0 Å². The van der Waals surface area contributed by atoms with Crippen molar-refractivity contribution in [2.45, 2.75) is 26.4 Å². The van der Waals surface area contributed by atoms with Gasteiger partial charge < -0.3 is 9.47 Å². The highest BCUT2D eigenvalue weighted by molar-refractivity contribution is 6.07. The summed E-state index contributed by atoms with van der Waals surface area (Å²) < 4.78 is 11.4. The van der Waals surface area contributed by atoms with E-state index < -0.39 is 4.92 Å². The summed E-state index contributed by atoms with van der Waals surface area (Å²) in [5, 5.41) is 10.9. The van der Waals surface area contributed by atoms with Crippen LogP contribution in [0.25, 0.3) is 6.08 Å². The molecule has 3 rings (SSSR count). The van der Waals surface area contributed by atoms with Crippen LogP contribution in [0.1, 0.15) is 35.3 Å². The number of fused-ring (bicyclic) bond motifs is 1. The Balaban J connectivity index is 1.88. The summed E-state index contributed by atoms with van der Waals surface area (Å²) in [5.41, 5.74) is 1.97. The number of hydrogen-bond acceptors (Lipinski definition) is 5. The molecule has 1 unspecified atom stereocenters. The summed E-state index contributed by atoms with van der Waals surface area (Å²) in [6.45, 7) is 4.41. The number of nitrogens with zero attached hydrogens (tertiary/aromatic N) is 1. The van der Waals surface area contributed by atoms with E-state index in [9.17, 15) is 14.9 Å². The Hall–Kier alpha value is -3.15. The molecule has 2 aromatic carbocycles. The molecule has 0 fully saturated rings. The van der Waals surface area contributed by atoms with Crippen LogP contribution in [0.3, 0.4) is 0 Å². The van der Waals surface area contributed by atoms with E-state index in [0.29, 0.717) is 12.4 Å². The number of benzene rings is 2. The van der Waals surface area contributed by atoms with Crippen molar-refractivity contribution in [3.05, 3.63) is 69.3 Å². The largest absolute Gasteiger partial charge is 0.493 e. The highest BCUT2D eigenvalue weighted by Crippen LogP contribution is 2.35. The van der Waals surface area contributed by atoms with E-state index in [-0.39, 0.29) is 23.1 Å². The molecule has 0 saturated carbocycles. The number of non-ortho nitro benzene ring substituents is 1. The zero-order chi connectivity index (χ0) is 18.7. The predicted molar refractivity (Wildman–Crippen MR) is 97.9 cm³/mol. The third-order valence-electron chi connectivity index (χ3n) is 4.08. The Morgan fingerprint density at radius 2 is 2.19 bits per heavy atom. The van der Waals surface area contributed by atoms with Gasteiger partial charge >= 0.3 is 0 Å². The maximum Gasteiger partial charge on any atom is 0.270 e. The van der Waals surface area contributed by atoms with Crippen molar-refractivity contribution in [2.75, 3.05) is 6.61 Å². The molecule has 1 aliphatic rings. The molecule has 1 atom stereocenters. The molecule has 2 aromatic rings. The minimum absolute atomic E-state index is 0.112. The number of ketones is 1. The van der Waals surface area contributed by atoms with Gasteiger partial charge in [-0.05, 0) is 38.1 Å². The first-order chi connectivity index (χ1) is 12.5. The fourth-order valence-electron chi connectivity index (χ4n) is 2.90. The van der Waals surface area contributed by atoms with Gasteiger partial charge in [0.05, 0.1) is 11.5 Å². The van der Waals surface area contributed by atoms with Crippen molar-refractivity contribution < 1.29 is 19.2 Å². The highest BCUT2D eigenvalue weighted by atomic mass is 16.6. The van der Waals surface area contributed by atoms with E-state index >= 15 is 0 Å². The summed E-state index contributed by atoms with van der Waals surface area (Å²) in [6.07, 6.45) is 3.98. The quantitative estimate of drug-likeness (QED) is 0.336. The minimum atomic E-state index is -0.521. The summed E-state index contributed by atoms with van der Waals surface area (Å²) in [4.78, 5) is 22.7. The standard InChI is InChI=1S/C20H19NO5/c1-3-25-19-12-16-9-13(2)26-20(16)11-15(19)7-8-18(22)14-5-4-6-17(10-14)21(23)24/h4-8,10-13H,3,9H2,1-2H3/b8-7+. The highest BCUT2D eigenvalue weighted by Gasteiger charge is 2.21. The maximum atomic E-state index is 12.4. The SMILES string of the molecule is CCOc1cc2c(cc1/C=C/C(=O)c1cccc([N+](=O)[O-])c1)OC(C)C2. The molecule has 0 saturated heterocycles. The zero-order valence-corrected chi connectivity index (χ0v) is 14.6. The molecule has 0 N–H and O–H groups in total. The lowest BCUT2D eigenvalue weighted by molar-refractivity contribution is -0.384. The van der Waals surface area contributed by atoms with E-state index in [4.69, 9.17) is 9.47 Å². The molecule has 0 aliphatic carbocycles.